The maximum atomic E-state index is 4.98. The molecule has 0 saturated carbocycles. The highest BCUT2D eigenvalue weighted by Crippen LogP contribution is 1.99. The molecule has 0 amide bonds. The van der Waals surface area contributed by atoms with Crippen molar-refractivity contribution in [1.29, 1.82) is 0 Å². The van der Waals surface area contributed by atoms with Crippen LogP contribution >= 0.6 is 12.2 Å². The summed E-state index contributed by atoms with van der Waals surface area (Å²) in [6.07, 6.45) is 3.74. The van der Waals surface area contributed by atoms with Crippen molar-refractivity contribution in [1.82, 2.24) is 10.6 Å². The molecule has 3 nitrogen and oxygen atoms in total. The van der Waals surface area contributed by atoms with E-state index in [2.05, 4.69) is 10.6 Å². The Morgan fingerprint density at radius 2 is 2.13 bits per heavy atom. The molecule has 0 unspecified atom stereocenters. The van der Waals surface area contributed by atoms with E-state index in [-0.39, 0.29) is 0 Å². The van der Waals surface area contributed by atoms with Gasteiger partial charge in [-0.25, -0.2) is 0 Å². The third-order valence-electron chi connectivity index (χ3n) is 1.67. The molecule has 0 fully saturated rings. The molecule has 0 bridgehead atoms. The summed E-state index contributed by atoms with van der Waals surface area (Å²) in [5.41, 5.74) is 1.12. The van der Waals surface area contributed by atoms with Crippen molar-refractivity contribution < 1.29 is 4.74 Å². The number of benzene rings is 1. The van der Waals surface area contributed by atoms with E-state index in [1.54, 1.807) is 13.3 Å². The summed E-state index contributed by atoms with van der Waals surface area (Å²) < 4.78 is 4.81. The normalized spacial score (nSPS) is 10.2. The Hall–Kier alpha value is -1.39. The van der Waals surface area contributed by atoms with E-state index < -0.39 is 0 Å². The second kappa shape index (κ2) is 6.98. The average molecular weight is 222 g/mol. The summed E-state index contributed by atoms with van der Waals surface area (Å²) in [7, 11) is 1.61. The van der Waals surface area contributed by atoms with Crippen LogP contribution in [0, 0.1) is 0 Å². The van der Waals surface area contributed by atoms with Gasteiger partial charge < -0.3 is 15.4 Å². The highest BCUT2D eigenvalue weighted by atomic mass is 32.1. The Labute approximate surface area is 95.1 Å². The topological polar surface area (TPSA) is 33.3 Å². The molecular formula is C11H14N2OS. The summed E-state index contributed by atoms with van der Waals surface area (Å²) in [5.74, 6) is 0. The van der Waals surface area contributed by atoms with Crippen LogP contribution in [-0.4, -0.2) is 19.0 Å². The lowest BCUT2D eigenvalue weighted by atomic mass is 10.2. The van der Waals surface area contributed by atoms with Crippen LogP contribution in [-0.2, 0) is 4.74 Å². The third-order valence-corrected chi connectivity index (χ3v) is 1.93. The Morgan fingerprint density at radius 1 is 1.40 bits per heavy atom. The van der Waals surface area contributed by atoms with Gasteiger partial charge in [0.2, 0.25) is 0 Å². The van der Waals surface area contributed by atoms with Gasteiger partial charge in [0.25, 0.3) is 0 Å². The molecular weight excluding hydrogens is 208 g/mol. The second-order valence-corrected chi connectivity index (χ2v) is 3.24. The van der Waals surface area contributed by atoms with Gasteiger partial charge in [0.15, 0.2) is 5.11 Å². The van der Waals surface area contributed by atoms with Crippen molar-refractivity contribution in [3.8, 4) is 0 Å². The fourth-order valence-corrected chi connectivity index (χ4v) is 1.09. The summed E-state index contributed by atoms with van der Waals surface area (Å²) in [4.78, 5) is 0. The van der Waals surface area contributed by atoms with Gasteiger partial charge in [-0.2, -0.15) is 0 Å². The summed E-state index contributed by atoms with van der Waals surface area (Å²) in [5, 5.41) is 6.34. The fraction of sp³-hybridized carbons (Fsp3) is 0.182. The number of rotatable bonds is 4. The fourth-order valence-electron chi connectivity index (χ4n) is 0.966. The van der Waals surface area contributed by atoms with Crippen LogP contribution < -0.4 is 10.6 Å². The van der Waals surface area contributed by atoms with Crippen molar-refractivity contribution in [2.75, 3.05) is 13.8 Å². The molecule has 2 N–H and O–H groups in total. The molecule has 1 rings (SSSR count). The summed E-state index contributed by atoms with van der Waals surface area (Å²) in [6, 6.07) is 9.99. The highest BCUT2D eigenvalue weighted by molar-refractivity contribution is 7.80. The SMILES string of the molecule is COCNC(=S)N/C=C/c1ccccc1. The number of hydrogen-bond acceptors (Lipinski definition) is 2. The Balaban J connectivity index is 2.31. The van der Waals surface area contributed by atoms with Crippen LogP contribution in [0.15, 0.2) is 36.5 Å². The molecule has 1 aromatic carbocycles. The van der Waals surface area contributed by atoms with Crippen LogP contribution in [0.5, 0.6) is 0 Å². The van der Waals surface area contributed by atoms with Crippen LogP contribution in [0.25, 0.3) is 6.08 Å². The first-order chi connectivity index (χ1) is 7.33. The zero-order chi connectivity index (χ0) is 10.9. The first kappa shape index (κ1) is 11.7. The number of hydrogen-bond donors (Lipinski definition) is 2. The quantitative estimate of drug-likeness (QED) is 0.600. The third kappa shape index (κ3) is 5.15. The first-order valence-corrected chi connectivity index (χ1v) is 4.98. The van der Waals surface area contributed by atoms with E-state index in [1.165, 1.54) is 0 Å². The molecule has 0 aromatic heterocycles. The Kier molecular flexibility index (Phi) is 5.43. The largest absolute Gasteiger partial charge is 0.365 e. The van der Waals surface area contributed by atoms with Crippen LogP contribution in [0.2, 0.25) is 0 Å². The number of nitrogens with one attached hydrogen (secondary N) is 2. The lowest BCUT2D eigenvalue weighted by Crippen LogP contribution is -2.32. The summed E-state index contributed by atoms with van der Waals surface area (Å²) in [6.45, 7) is 0.408. The molecule has 0 atom stereocenters. The highest BCUT2D eigenvalue weighted by Gasteiger charge is 1.88. The van der Waals surface area contributed by atoms with E-state index >= 15 is 0 Å². The van der Waals surface area contributed by atoms with Crippen molar-refractivity contribution in [2.24, 2.45) is 0 Å². The van der Waals surface area contributed by atoms with E-state index in [1.807, 2.05) is 36.4 Å². The van der Waals surface area contributed by atoms with E-state index in [0.717, 1.165) is 5.56 Å². The first-order valence-electron chi connectivity index (χ1n) is 4.58. The van der Waals surface area contributed by atoms with Gasteiger partial charge in [-0.05, 0) is 23.9 Å². The zero-order valence-electron chi connectivity index (χ0n) is 8.57. The van der Waals surface area contributed by atoms with E-state index in [9.17, 15) is 0 Å². The Bertz CT molecular complexity index is 325. The number of ether oxygens (including phenoxy) is 1. The van der Waals surface area contributed by atoms with Gasteiger partial charge in [0.1, 0.15) is 6.73 Å². The minimum Gasteiger partial charge on any atom is -0.365 e. The second-order valence-electron chi connectivity index (χ2n) is 2.83. The molecule has 0 saturated heterocycles. The van der Waals surface area contributed by atoms with Crippen LogP contribution in [0.4, 0.5) is 0 Å². The van der Waals surface area contributed by atoms with Crippen LogP contribution in [0.1, 0.15) is 5.56 Å². The molecule has 1 aromatic rings. The maximum Gasteiger partial charge on any atom is 0.172 e. The smallest absolute Gasteiger partial charge is 0.172 e. The van der Waals surface area contributed by atoms with Crippen LogP contribution in [0.3, 0.4) is 0 Å². The van der Waals surface area contributed by atoms with E-state index in [4.69, 9.17) is 17.0 Å². The molecule has 0 aliphatic carbocycles. The van der Waals surface area contributed by atoms with Crippen molar-refractivity contribution in [2.45, 2.75) is 0 Å². The molecule has 0 heterocycles. The van der Waals surface area contributed by atoms with Crippen molar-refractivity contribution >= 4 is 23.4 Å². The van der Waals surface area contributed by atoms with E-state index in [0.29, 0.717) is 11.8 Å². The summed E-state index contributed by atoms with van der Waals surface area (Å²) >= 11 is 4.98. The molecule has 0 radical (unpaired) electrons. The van der Waals surface area contributed by atoms with Crippen molar-refractivity contribution in [3.05, 3.63) is 42.1 Å². The molecule has 0 spiro atoms. The molecule has 15 heavy (non-hydrogen) atoms. The van der Waals surface area contributed by atoms with Gasteiger partial charge >= 0.3 is 0 Å². The van der Waals surface area contributed by atoms with Gasteiger partial charge in [0, 0.05) is 13.3 Å². The maximum absolute atomic E-state index is 4.98. The van der Waals surface area contributed by atoms with Gasteiger partial charge in [-0.3, -0.25) is 0 Å². The van der Waals surface area contributed by atoms with Gasteiger partial charge in [-0.15, -0.1) is 0 Å². The lowest BCUT2D eigenvalue weighted by Gasteiger charge is -2.05. The predicted molar refractivity (Wildman–Crippen MR) is 66.2 cm³/mol. The zero-order valence-corrected chi connectivity index (χ0v) is 9.38. The van der Waals surface area contributed by atoms with Gasteiger partial charge in [-0.1, -0.05) is 30.3 Å². The predicted octanol–water partition coefficient (Wildman–Crippen LogP) is 1.73. The Morgan fingerprint density at radius 3 is 2.80 bits per heavy atom. The minimum absolute atomic E-state index is 0.408. The molecule has 0 aliphatic rings. The minimum atomic E-state index is 0.408. The average Bonchev–Trinajstić information content (AvgIpc) is 2.28. The number of thiocarbonyl (C=S) groups is 1. The molecule has 4 heteroatoms. The standard InChI is InChI=1S/C11H14N2OS/c1-14-9-13-11(15)12-8-7-10-5-3-2-4-6-10/h2-8H,9H2,1H3,(H2,12,13,15)/b8-7+. The monoisotopic (exact) mass is 222 g/mol. The van der Waals surface area contributed by atoms with Crippen molar-refractivity contribution in [3.63, 3.8) is 0 Å². The molecule has 80 valence electrons. The number of methoxy groups -OCH3 is 1. The van der Waals surface area contributed by atoms with Gasteiger partial charge in [0.05, 0.1) is 0 Å². The lowest BCUT2D eigenvalue weighted by molar-refractivity contribution is 0.192. The molecule has 0 aliphatic heterocycles.